The molecular weight excluding hydrogens is 197 g/mol. The number of hydrogen-bond donors (Lipinski definition) is 1. The Morgan fingerprint density at radius 1 is 1.43 bits per heavy atom. The number of hydrogen-bond acceptors (Lipinski definition) is 2. The molecule has 1 fully saturated rings. The molecule has 0 radical (unpaired) electrons. The van der Waals surface area contributed by atoms with Crippen molar-refractivity contribution in [2.45, 2.75) is 50.5 Å². The molecule has 84 valence electrons. The minimum absolute atomic E-state index is 0.107. The molecule has 0 aromatic heterocycles. The first-order valence-corrected chi connectivity index (χ1v) is 4.86. The fourth-order valence-electron chi connectivity index (χ4n) is 1.57. The van der Waals surface area contributed by atoms with Crippen LogP contribution in [-0.2, 0) is 4.74 Å². The van der Waals surface area contributed by atoms with Crippen molar-refractivity contribution in [2.75, 3.05) is 6.61 Å². The van der Waals surface area contributed by atoms with Gasteiger partial charge in [-0.05, 0) is 32.1 Å². The van der Waals surface area contributed by atoms with Crippen molar-refractivity contribution in [3.63, 3.8) is 0 Å². The van der Waals surface area contributed by atoms with Gasteiger partial charge in [0.15, 0.2) is 0 Å². The van der Waals surface area contributed by atoms with Crippen LogP contribution in [0, 0.1) is 0 Å². The van der Waals surface area contributed by atoms with Crippen molar-refractivity contribution in [3.8, 4) is 0 Å². The van der Waals surface area contributed by atoms with Crippen LogP contribution in [0.3, 0.4) is 0 Å². The van der Waals surface area contributed by atoms with Gasteiger partial charge in [0.05, 0.1) is 6.10 Å². The van der Waals surface area contributed by atoms with E-state index in [9.17, 15) is 13.2 Å². The third-order valence-corrected chi connectivity index (χ3v) is 2.41. The summed E-state index contributed by atoms with van der Waals surface area (Å²) in [5, 5.41) is 8.69. The van der Waals surface area contributed by atoms with E-state index < -0.39 is 12.3 Å². The zero-order valence-corrected chi connectivity index (χ0v) is 7.89. The SMILES string of the molecule is O[C@H](CCCC1CCCO1)C(F)(F)F. The highest BCUT2D eigenvalue weighted by molar-refractivity contribution is 4.69. The molecule has 0 aromatic carbocycles. The summed E-state index contributed by atoms with van der Waals surface area (Å²) >= 11 is 0. The number of halogens is 3. The number of ether oxygens (including phenoxy) is 1. The zero-order valence-electron chi connectivity index (χ0n) is 7.89. The normalized spacial score (nSPS) is 25.3. The van der Waals surface area contributed by atoms with Gasteiger partial charge >= 0.3 is 6.18 Å². The largest absolute Gasteiger partial charge is 0.414 e. The Balaban J connectivity index is 2.08. The molecular formula is C9H15F3O2. The molecule has 0 saturated carbocycles. The van der Waals surface area contributed by atoms with Gasteiger partial charge in [-0.1, -0.05) is 0 Å². The van der Waals surface area contributed by atoms with Gasteiger partial charge in [-0.15, -0.1) is 0 Å². The fourth-order valence-corrected chi connectivity index (χ4v) is 1.57. The van der Waals surface area contributed by atoms with Crippen molar-refractivity contribution < 1.29 is 23.0 Å². The molecule has 0 aromatic rings. The maximum atomic E-state index is 11.9. The Bertz CT molecular complexity index is 164. The summed E-state index contributed by atoms with van der Waals surface area (Å²) in [6.07, 6.45) is -3.85. The van der Waals surface area contributed by atoms with E-state index >= 15 is 0 Å². The van der Waals surface area contributed by atoms with Gasteiger partial charge in [0.1, 0.15) is 6.10 Å². The molecule has 2 atom stereocenters. The van der Waals surface area contributed by atoms with Gasteiger partial charge < -0.3 is 9.84 Å². The molecule has 2 nitrogen and oxygen atoms in total. The molecule has 1 heterocycles. The molecule has 1 aliphatic rings. The molecule has 0 amide bonds. The van der Waals surface area contributed by atoms with Crippen LogP contribution in [0.1, 0.15) is 32.1 Å². The standard InChI is InChI=1S/C9H15F3O2/c10-9(11,12)8(13)5-1-3-7-4-2-6-14-7/h7-8,13H,1-6H2/t7?,8-/m1/s1. The number of aliphatic hydroxyl groups excluding tert-OH is 1. The summed E-state index contributed by atoms with van der Waals surface area (Å²) in [6, 6.07) is 0. The van der Waals surface area contributed by atoms with Crippen molar-refractivity contribution in [1.82, 2.24) is 0 Å². The first kappa shape index (κ1) is 11.8. The van der Waals surface area contributed by atoms with E-state index in [2.05, 4.69) is 0 Å². The van der Waals surface area contributed by atoms with Crippen molar-refractivity contribution in [1.29, 1.82) is 0 Å². The Morgan fingerprint density at radius 2 is 2.14 bits per heavy atom. The zero-order chi connectivity index (χ0) is 10.6. The topological polar surface area (TPSA) is 29.5 Å². The maximum Gasteiger partial charge on any atom is 0.414 e. The molecule has 1 unspecified atom stereocenters. The number of rotatable bonds is 4. The van der Waals surface area contributed by atoms with Crippen LogP contribution in [0.15, 0.2) is 0 Å². The minimum atomic E-state index is -4.48. The van der Waals surface area contributed by atoms with Crippen LogP contribution < -0.4 is 0 Å². The molecule has 1 saturated heterocycles. The monoisotopic (exact) mass is 212 g/mol. The number of aliphatic hydroxyl groups is 1. The summed E-state index contributed by atoms with van der Waals surface area (Å²) < 4.78 is 40.9. The second kappa shape index (κ2) is 4.98. The highest BCUT2D eigenvalue weighted by Gasteiger charge is 2.37. The molecule has 0 spiro atoms. The first-order chi connectivity index (χ1) is 6.50. The van der Waals surface area contributed by atoms with Gasteiger partial charge in [-0.2, -0.15) is 13.2 Å². The van der Waals surface area contributed by atoms with E-state index in [-0.39, 0.29) is 12.5 Å². The lowest BCUT2D eigenvalue weighted by Crippen LogP contribution is -2.28. The lowest BCUT2D eigenvalue weighted by Gasteiger charge is -2.15. The van der Waals surface area contributed by atoms with Crippen LogP contribution in [0.5, 0.6) is 0 Å². The average molecular weight is 212 g/mol. The third-order valence-electron chi connectivity index (χ3n) is 2.41. The first-order valence-electron chi connectivity index (χ1n) is 4.86. The summed E-state index contributed by atoms with van der Waals surface area (Å²) in [4.78, 5) is 0. The van der Waals surface area contributed by atoms with E-state index in [1.54, 1.807) is 0 Å². The smallest absolute Gasteiger partial charge is 0.384 e. The molecule has 1 aliphatic heterocycles. The van der Waals surface area contributed by atoms with Crippen molar-refractivity contribution in [2.24, 2.45) is 0 Å². The average Bonchev–Trinajstić information content (AvgIpc) is 2.55. The Kier molecular flexibility index (Phi) is 4.19. The molecule has 5 heteroatoms. The highest BCUT2D eigenvalue weighted by atomic mass is 19.4. The second-order valence-electron chi connectivity index (χ2n) is 3.62. The van der Waals surface area contributed by atoms with E-state index in [0.29, 0.717) is 19.4 Å². The van der Waals surface area contributed by atoms with E-state index in [1.807, 2.05) is 0 Å². The molecule has 1 rings (SSSR count). The number of alkyl halides is 3. The predicted molar refractivity (Wildman–Crippen MR) is 44.9 cm³/mol. The second-order valence-corrected chi connectivity index (χ2v) is 3.62. The van der Waals surface area contributed by atoms with Crippen molar-refractivity contribution >= 4 is 0 Å². The van der Waals surface area contributed by atoms with Gasteiger partial charge in [0.2, 0.25) is 0 Å². The van der Waals surface area contributed by atoms with Crippen LogP contribution in [0.4, 0.5) is 13.2 Å². The summed E-state index contributed by atoms with van der Waals surface area (Å²) in [6.45, 7) is 0.715. The van der Waals surface area contributed by atoms with E-state index in [0.717, 1.165) is 12.8 Å². The Labute approximate surface area is 81.1 Å². The minimum Gasteiger partial charge on any atom is -0.384 e. The quantitative estimate of drug-likeness (QED) is 0.774. The van der Waals surface area contributed by atoms with E-state index in [4.69, 9.17) is 9.84 Å². The Morgan fingerprint density at radius 3 is 2.64 bits per heavy atom. The summed E-state index contributed by atoms with van der Waals surface area (Å²) in [5.74, 6) is 0. The summed E-state index contributed by atoms with van der Waals surface area (Å²) in [7, 11) is 0. The lowest BCUT2D eigenvalue weighted by molar-refractivity contribution is -0.205. The van der Waals surface area contributed by atoms with Crippen LogP contribution in [0.25, 0.3) is 0 Å². The van der Waals surface area contributed by atoms with Crippen LogP contribution in [-0.4, -0.2) is 30.1 Å². The van der Waals surface area contributed by atoms with Gasteiger partial charge in [0.25, 0.3) is 0 Å². The lowest BCUT2D eigenvalue weighted by atomic mass is 10.1. The van der Waals surface area contributed by atoms with Gasteiger partial charge in [0, 0.05) is 6.61 Å². The molecule has 14 heavy (non-hydrogen) atoms. The van der Waals surface area contributed by atoms with Crippen LogP contribution in [0.2, 0.25) is 0 Å². The predicted octanol–water partition coefficient (Wildman–Crippen LogP) is 2.26. The van der Waals surface area contributed by atoms with Gasteiger partial charge in [-0.3, -0.25) is 0 Å². The fraction of sp³-hybridized carbons (Fsp3) is 1.00. The molecule has 0 aliphatic carbocycles. The van der Waals surface area contributed by atoms with Gasteiger partial charge in [-0.25, -0.2) is 0 Å². The maximum absolute atomic E-state index is 11.9. The third kappa shape index (κ3) is 3.84. The summed E-state index contributed by atoms with van der Waals surface area (Å²) in [5.41, 5.74) is 0. The molecule has 0 bridgehead atoms. The van der Waals surface area contributed by atoms with E-state index in [1.165, 1.54) is 0 Å². The van der Waals surface area contributed by atoms with Crippen molar-refractivity contribution in [3.05, 3.63) is 0 Å². The highest BCUT2D eigenvalue weighted by Crippen LogP contribution is 2.25. The van der Waals surface area contributed by atoms with Crippen LogP contribution >= 0.6 is 0 Å². The molecule has 1 N–H and O–H groups in total. The Hall–Kier alpha value is -0.290.